The molecule has 194 valence electrons. The Morgan fingerprint density at radius 1 is 0.488 bits per heavy atom. The average molecular weight is 527 g/mol. The number of aromatic nitrogens is 3. The van der Waals surface area contributed by atoms with Gasteiger partial charge in [0.1, 0.15) is 0 Å². The third-order valence-electron chi connectivity index (χ3n) is 7.96. The molecule has 4 heteroatoms. The maximum atomic E-state index is 7.25. The molecule has 4 nitrogen and oxygen atoms in total. The zero-order chi connectivity index (χ0) is 28.0. The van der Waals surface area contributed by atoms with Crippen molar-refractivity contribution in [3.63, 3.8) is 0 Å². The monoisotopic (exact) mass is 526 g/mol. The van der Waals surface area contributed by atoms with Gasteiger partial charge in [-0.1, -0.05) is 123 Å². The first-order chi connectivity index (χ1) is 20.0. The highest BCUT2D eigenvalue weighted by molar-refractivity contribution is 5.85. The second-order valence-corrected chi connectivity index (χ2v) is 10.8. The zero-order valence-corrected chi connectivity index (χ0v) is 22.8. The molecule has 6 aromatic rings. The number of fused-ring (bicyclic) bond motifs is 3. The molecule has 5 aromatic carbocycles. The van der Waals surface area contributed by atoms with Crippen molar-refractivity contribution < 1.29 is 0 Å². The molecule has 1 aromatic heterocycles. The van der Waals surface area contributed by atoms with Gasteiger partial charge in [-0.05, 0) is 45.5 Å². The normalized spacial score (nSPS) is 12.8. The van der Waals surface area contributed by atoms with E-state index in [0.29, 0.717) is 23.2 Å². The summed E-state index contributed by atoms with van der Waals surface area (Å²) in [6.45, 7) is 11.8. The van der Waals surface area contributed by atoms with Crippen LogP contribution in [0.5, 0.6) is 0 Å². The first-order valence-electron chi connectivity index (χ1n) is 13.7. The number of nitrogens with zero attached hydrogens (tertiary/aromatic N) is 4. The second-order valence-electron chi connectivity index (χ2n) is 10.8. The van der Waals surface area contributed by atoms with Crippen LogP contribution in [0, 0.1) is 6.57 Å². The molecule has 0 atom stereocenters. The van der Waals surface area contributed by atoms with Gasteiger partial charge >= 0.3 is 0 Å². The molecule has 1 heterocycles. The molecule has 41 heavy (non-hydrogen) atoms. The predicted molar refractivity (Wildman–Crippen MR) is 165 cm³/mol. The summed E-state index contributed by atoms with van der Waals surface area (Å²) < 4.78 is 0. The van der Waals surface area contributed by atoms with Gasteiger partial charge in [-0.2, -0.15) is 0 Å². The summed E-state index contributed by atoms with van der Waals surface area (Å²) in [5.74, 6) is 1.98. The molecule has 0 bridgehead atoms. The third kappa shape index (κ3) is 4.29. The minimum Gasteiger partial charge on any atom is -0.238 e. The lowest BCUT2D eigenvalue weighted by molar-refractivity contribution is 0.661. The lowest BCUT2D eigenvalue weighted by Crippen LogP contribution is -2.15. The lowest BCUT2D eigenvalue weighted by atomic mass is 9.81. The van der Waals surface area contributed by atoms with Crippen molar-refractivity contribution in [1.82, 2.24) is 15.0 Å². The Hall–Kier alpha value is -5.40. The van der Waals surface area contributed by atoms with Crippen molar-refractivity contribution in [1.29, 1.82) is 0 Å². The van der Waals surface area contributed by atoms with E-state index in [1.807, 2.05) is 84.9 Å². The van der Waals surface area contributed by atoms with Gasteiger partial charge in [0.25, 0.3) is 0 Å². The second kappa shape index (κ2) is 9.66. The lowest BCUT2D eigenvalue weighted by Gasteiger charge is -2.22. The van der Waals surface area contributed by atoms with Gasteiger partial charge < -0.3 is 0 Å². The van der Waals surface area contributed by atoms with E-state index in [1.165, 1.54) is 22.3 Å². The third-order valence-corrected chi connectivity index (χ3v) is 7.96. The summed E-state index contributed by atoms with van der Waals surface area (Å²) in [5, 5.41) is 0. The minimum absolute atomic E-state index is 0.204. The Bertz CT molecular complexity index is 1890. The molecule has 0 aliphatic heterocycles. The summed E-state index contributed by atoms with van der Waals surface area (Å²) in [7, 11) is 0. The summed E-state index contributed by atoms with van der Waals surface area (Å²) in [5.41, 5.74) is 10.6. The van der Waals surface area contributed by atoms with Crippen molar-refractivity contribution in [2.75, 3.05) is 0 Å². The van der Waals surface area contributed by atoms with Crippen LogP contribution in [0.2, 0.25) is 0 Å². The van der Waals surface area contributed by atoms with Gasteiger partial charge in [0, 0.05) is 22.1 Å². The largest absolute Gasteiger partial charge is 0.238 e. The standard InChI is InChI=1S/C37H26N4/c1-37(2)32-22-27(24-14-18-29(38-3)19-15-24)16-20-30(32)31-21-17-28(23-33(31)37)36-40-34(25-10-6-4-7-11-25)39-35(41-36)26-12-8-5-9-13-26/h4-23H,1-2H3. The number of hydrogen-bond acceptors (Lipinski definition) is 3. The van der Waals surface area contributed by atoms with E-state index in [-0.39, 0.29) is 5.41 Å². The van der Waals surface area contributed by atoms with E-state index in [2.05, 4.69) is 55.1 Å². The van der Waals surface area contributed by atoms with Crippen LogP contribution in [0.25, 0.3) is 61.3 Å². The van der Waals surface area contributed by atoms with E-state index >= 15 is 0 Å². The highest BCUT2D eigenvalue weighted by atomic mass is 15.0. The molecule has 0 saturated carbocycles. The van der Waals surface area contributed by atoms with E-state index in [1.54, 1.807) is 0 Å². The van der Waals surface area contributed by atoms with Gasteiger partial charge in [-0.3, -0.25) is 0 Å². The molecular weight excluding hydrogens is 500 g/mol. The van der Waals surface area contributed by atoms with Crippen LogP contribution in [0.4, 0.5) is 5.69 Å². The van der Waals surface area contributed by atoms with Crippen molar-refractivity contribution in [2.24, 2.45) is 0 Å². The number of rotatable bonds is 4. The molecule has 7 rings (SSSR count). The molecular formula is C37H26N4. The van der Waals surface area contributed by atoms with Gasteiger partial charge in [0.2, 0.25) is 0 Å². The molecule has 0 radical (unpaired) electrons. The molecule has 0 N–H and O–H groups in total. The molecule has 0 fully saturated rings. The van der Waals surface area contributed by atoms with Crippen LogP contribution in [0.1, 0.15) is 25.0 Å². The van der Waals surface area contributed by atoms with Crippen LogP contribution in [0.15, 0.2) is 121 Å². The van der Waals surface area contributed by atoms with E-state index in [4.69, 9.17) is 21.5 Å². The fourth-order valence-electron chi connectivity index (χ4n) is 5.72. The molecule has 0 saturated heterocycles. The average Bonchev–Trinajstić information content (AvgIpc) is 3.27. The molecule has 0 amide bonds. The van der Waals surface area contributed by atoms with Crippen LogP contribution in [0.3, 0.4) is 0 Å². The predicted octanol–water partition coefficient (Wildman–Crippen LogP) is 9.40. The Labute approximate surface area is 239 Å². The smallest absolute Gasteiger partial charge is 0.187 e. The van der Waals surface area contributed by atoms with E-state index < -0.39 is 0 Å². The fourth-order valence-corrected chi connectivity index (χ4v) is 5.72. The Morgan fingerprint density at radius 3 is 1.44 bits per heavy atom. The molecule has 0 unspecified atom stereocenters. The van der Waals surface area contributed by atoms with Crippen LogP contribution in [-0.4, -0.2) is 15.0 Å². The Morgan fingerprint density at radius 2 is 0.927 bits per heavy atom. The summed E-state index contributed by atoms with van der Waals surface area (Å²) in [4.78, 5) is 18.3. The van der Waals surface area contributed by atoms with Gasteiger partial charge in [-0.15, -0.1) is 0 Å². The summed E-state index contributed by atoms with van der Waals surface area (Å²) >= 11 is 0. The van der Waals surface area contributed by atoms with Crippen molar-refractivity contribution in [2.45, 2.75) is 19.3 Å². The Balaban J connectivity index is 1.33. The van der Waals surface area contributed by atoms with Crippen molar-refractivity contribution in [3.05, 3.63) is 144 Å². The van der Waals surface area contributed by atoms with Crippen LogP contribution < -0.4 is 0 Å². The van der Waals surface area contributed by atoms with Gasteiger partial charge in [-0.25, -0.2) is 19.8 Å². The Kier molecular flexibility index (Phi) is 5.80. The van der Waals surface area contributed by atoms with Crippen LogP contribution in [-0.2, 0) is 5.41 Å². The van der Waals surface area contributed by atoms with Crippen molar-refractivity contribution in [3.8, 4) is 56.4 Å². The number of benzene rings is 5. The van der Waals surface area contributed by atoms with Gasteiger partial charge in [0.15, 0.2) is 23.2 Å². The first-order valence-corrected chi connectivity index (χ1v) is 13.7. The molecule has 0 spiro atoms. The maximum absolute atomic E-state index is 7.25. The van der Waals surface area contributed by atoms with Gasteiger partial charge in [0.05, 0.1) is 6.57 Å². The van der Waals surface area contributed by atoms with Crippen LogP contribution >= 0.6 is 0 Å². The quantitative estimate of drug-likeness (QED) is 0.215. The topological polar surface area (TPSA) is 43.0 Å². The zero-order valence-electron chi connectivity index (χ0n) is 22.8. The summed E-state index contributed by atoms with van der Waals surface area (Å²) in [6, 6.07) is 41.2. The maximum Gasteiger partial charge on any atom is 0.187 e. The molecule has 1 aliphatic carbocycles. The highest BCUT2D eigenvalue weighted by Crippen LogP contribution is 2.50. The first kappa shape index (κ1) is 24.6. The van der Waals surface area contributed by atoms with Crippen molar-refractivity contribution >= 4 is 5.69 Å². The summed E-state index contributed by atoms with van der Waals surface area (Å²) in [6.07, 6.45) is 0. The highest BCUT2D eigenvalue weighted by Gasteiger charge is 2.36. The number of hydrogen-bond donors (Lipinski definition) is 0. The van der Waals surface area contributed by atoms with E-state index in [9.17, 15) is 0 Å². The molecule has 1 aliphatic rings. The minimum atomic E-state index is -0.204. The SMILES string of the molecule is [C-]#[N+]c1ccc(-c2ccc3c(c2)C(C)(C)c2cc(-c4nc(-c5ccccc5)nc(-c5ccccc5)n4)ccc2-3)cc1. The fraction of sp³-hybridized carbons (Fsp3) is 0.0811. The van der Waals surface area contributed by atoms with E-state index in [0.717, 1.165) is 27.8 Å².